The van der Waals surface area contributed by atoms with E-state index in [0.717, 1.165) is 10.5 Å². The number of amides is 2. The number of rotatable bonds is 8. The van der Waals surface area contributed by atoms with E-state index in [4.69, 9.17) is 23.2 Å². The van der Waals surface area contributed by atoms with Crippen molar-refractivity contribution in [2.24, 2.45) is 0 Å². The summed E-state index contributed by atoms with van der Waals surface area (Å²) in [5, 5.41) is 16.9. The van der Waals surface area contributed by atoms with E-state index in [1.165, 1.54) is 30.0 Å². The van der Waals surface area contributed by atoms with Crippen LogP contribution in [0.25, 0.3) is 0 Å². The van der Waals surface area contributed by atoms with Crippen molar-refractivity contribution in [1.82, 2.24) is 0 Å². The number of carbonyl (C=O) groups excluding carboxylic acids is 2. The van der Waals surface area contributed by atoms with Crippen molar-refractivity contribution >= 4 is 63.8 Å². The van der Waals surface area contributed by atoms with Crippen LogP contribution in [0.5, 0.6) is 0 Å². The van der Waals surface area contributed by atoms with Crippen molar-refractivity contribution in [3.8, 4) is 0 Å². The Kier molecular flexibility index (Phi) is 8.68. The van der Waals surface area contributed by atoms with E-state index in [1.54, 1.807) is 43.3 Å². The first-order valence-electron chi connectivity index (χ1n) is 11.4. The zero-order valence-corrected chi connectivity index (χ0v) is 22.3. The van der Waals surface area contributed by atoms with Crippen molar-refractivity contribution in [2.75, 3.05) is 10.6 Å². The first kappa shape index (κ1) is 27.2. The van der Waals surface area contributed by atoms with E-state index in [0.29, 0.717) is 22.0 Å². The summed E-state index contributed by atoms with van der Waals surface area (Å²) in [6, 6.07) is 25.3. The van der Waals surface area contributed by atoms with Crippen molar-refractivity contribution in [1.29, 1.82) is 0 Å². The van der Waals surface area contributed by atoms with Crippen LogP contribution < -0.4 is 10.6 Å². The molecule has 10 heteroatoms. The fourth-order valence-electron chi connectivity index (χ4n) is 3.61. The average Bonchev–Trinajstić information content (AvgIpc) is 2.89. The number of hydrogen-bond donors (Lipinski definition) is 2. The number of thioether (sulfide) groups is 1. The first-order chi connectivity index (χ1) is 18.2. The Bertz CT molecular complexity index is 1520. The van der Waals surface area contributed by atoms with E-state index in [1.807, 2.05) is 36.4 Å². The van der Waals surface area contributed by atoms with Gasteiger partial charge in [-0.25, -0.2) is 0 Å². The molecule has 4 aromatic carbocycles. The molecule has 0 spiro atoms. The molecule has 0 aromatic heterocycles. The van der Waals surface area contributed by atoms with Gasteiger partial charge in [0.15, 0.2) is 0 Å². The molecule has 7 nitrogen and oxygen atoms in total. The molecular weight excluding hydrogens is 545 g/mol. The topological polar surface area (TPSA) is 101 Å². The minimum Gasteiger partial charge on any atom is -0.324 e. The Labute approximate surface area is 233 Å². The fourth-order valence-corrected chi connectivity index (χ4v) is 5.19. The number of aryl methyl sites for hydroxylation is 1. The number of carbonyl (C=O) groups is 2. The van der Waals surface area contributed by atoms with Crippen LogP contribution in [0.3, 0.4) is 0 Å². The Balaban J connectivity index is 1.57. The molecule has 4 aromatic rings. The second-order valence-electron chi connectivity index (χ2n) is 8.26. The summed E-state index contributed by atoms with van der Waals surface area (Å²) in [5.41, 5.74) is 2.51. The van der Waals surface area contributed by atoms with Gasteiger partial charge in [0.25, 0.3) is 11.6 Å². The number of nitro benzene ring substituents is 1. The Morgan fingerprint density at radius 1 is 0.895 bits per heavy atom. The molecule has 2 N–H and O–H groups in total. The van der Waals surface area contributed by atoms with Gasteiger partial charge >= 0.3 is 0 Å². The lowest BCUT2D eigenvalue weighted by atomic mass is 10.1. The third-order valence-electron chi connectivity index (χ3n) is 5.55. The van der Waals surface area contributed by atoms with Gasteiger partial charge in [0.1, 0.15) is 5.25 Å². The molecule has 0 saturated carbocycles. The first-order valence-corrected chi connectivity index (χ1v) is 13.0. The third kappa shape index (κ3) is 6.72. The summed E-state index contributed by atoms with van der Waals surface area (Å²) < 4.78 is 0. The van der Waals surface area contributed by atoms with Gasteiger partial charge in [-0.05, 0) is 54.4 Å². The normalized spacial score (nSPS) is 11.4. The number of halogens is 2. The zero-order valence-electron chi connectivity index (χ0n) is 20.0. The van der Waals surface area contributed by atoms with Crippen LogP contribution in [-0.2, 0) is 4.79 Å². The fraction of sp³-hybridized carbons (Fsp3) is 0.0714. The molecule has 192 valence electrons. The molecule has 0 aliphatic carbocycles. The number of non-ortho nitro benzene ring substituents is 1. The minimum absolute atomic E-state index is 0.112. The SMILES string of the molecule is Cc1ccc([N+](=O)[O-])cc1NC(=O)C(Sc1cccc(NC(=O)c2ccc(Cl)cc2Cl)c1)c1ccccc1. The lowest BCUT2D eigenvalue weighted by molar-refractivity contribution is -0.384. The maximum absolute atomic E-state index is 13.5. The third-order valence-corrected chi connectivity index (χ3v) is 7.35. The average molecular weight is 566 g/mol. The lowest BCUT2D eigenvalue weighted by Crippen LogP contribution is -2.19. The van der Waals surface area contributed by atoms with Gasteiger partial charge in [-0.2, -0.15) is 0 Å². The molecule has 0 bridgehead atoms. The van der Waals surface area contributed by atoms with E-state index < -0.39 is 16.1 Å². The highest BCUT2D eigenvalue weighted by Crippen LogP contribution is 2.38. The van der Waals surface area contributed by atoms with Crippen LogP contribution in [-0.4, -0.2) is 16.7 Å². The molecule has 4 rings (SSSR count). The number of nitrogens with zero attached hydrogens (tertiary/aromatic N) is 1. The predicted octanol–water partition coefficient (Wildman–Crippen LogP) is 7.93. The monoisotopic (exact) mass is 565 g/mol. The highest BCUT2D eigenvalue weighted by molar-refractivity contribution is 8.00. The quantitative estimate of drug-likeness (QED) is 0.128. The van der Waals surface area contributed by atoms with Gasteiger partial charge in [-0.3, -0.25) is 19.7 Å². The molecule has 0 aliphatic heterocycles. The minimum atomic E-state index is -0.675. The van der Waals surface area contributed by atoms with Crippen molar-refractivity contribution in [3.63, 3.8) is 0 Å². The van der Waals surface area contributed by atoms with Crippen LogP contribution in [0, 0.1) is 17.0 Å². The Morgan fingerprint density at radius 2 is 1.66 bits per heavy atom. The highest BCUT2D eigenvalue weighted by atomic mass is 35.5. The van der Waals surface area contributed by atoms with Crippen molar-refractivity contribution in [3.05, 3.63) is 128 Å². The molecule has 2 amide bonds. The number of anilines is 2. The van der Waals surface area contributed by atoms with Gasteiger partial charge in [0.05, 0.1) is 21.2 Å². The predicted molar refractivity (Wildman–Crippen MR) is 152 cm³/mol. The van der Waals surface area contributed by atoms with Crippen LogP contribution in [0.1, 0.15) is 26.7 Å². The standard InChI is InChI=1S/C28H21Cl2N3O4S/c1-17-10-12-21(33(36)37)16-25(17)32-28(35)26(18-6-3-2-4-7-18)38-22-9-5-8-20(15-22)31-27(34)23-13-11-19(29)14-24(23)30/h2-16,26H,1H3,(H,31,34)(H,32,35). The Hall–Kier alpha value is -3.85. The second kappa shape index (κ2) is 12.1. The van der Waals surface area contributed by atoms with Gasteiger partial charge in [0, 0.05) is 27.7 Å². The molecule has 0 radical (unpaired) electrons. The van der Waals surface area contributed by atoms with Gasteiger partial charge in [-0.1, -0.05) is 65.7 Å². The smallest absolute Gasteiger partial charge is 0.271 e. The largest absolute Gasteiger partial charge is 0.324 e. The van der Waals surface area contributed by atoms with Crippen LogP contribution in [0.4, 0.5) is 17.1 Å². The molecule has 1 unspecified atom stereocenters. The highest BCUT2D eigenvalue weighted by Gasteiger charge is 2.24. The number of benzene rings is 4. The summed E-state index contributed by atoms with van der Waals surface area (Å²) in [4.78, 5) is 37.7. The summed E-state index contributed by atoms with van der Waals surface area (Å²) in [5.74, 6) is -0.737. The lowest BCUT2D eigenvalue weighted by Gasteiger charge is -2.18. The molecular formula is C28H21Cl2N3O4S. The van der Waals surface area contributed by atoms with Gasteiger partial charge in [-0.15, -0.1) is 11.8 Å². The number of nitro groups is 1. The van der Waals surface area contributed by atoms with E-state index in [9.17, 15) is 19.7 Å². The Morgan fingerprint density at radius 3 is 2.37 bits per heavy atom. The maximum Gasteiger partial charge on any atom is 0.271 e. The summed E-state index contributed by atoms with van der Waals surface area (Å²) in [7, 11) is 0. The number of hydrogen-bond acceptors (Lipinski definition) is 5. The summed E-state index contributed by atoms with van der Waals surface area (Å²) in [6.45, 7) is 1.77. The van der Waals surface area contributed by atoms with Crippen LogP contribution in [0.15, 0.2) is 95.9 Å². The van der Waals surface area contributed by atoms with E-state index in [-0.39, 0.29) is 22.2 Å². The summed E-state index contributed by atoms with van der Waals surface area (Å²) in [6.07, 6.45) is 0. The van der Waals surface area contributed by atoms with Crippen LogP contribution in [0.2, 0.25) is 10.0 Å². The van der Waals surface area contributed by atoms with Crippen molar-refractivity contribution < 1.29 is 14.5 Å². The summed E-state index contributed by atoms with van der Waals surface area (Å²) >= 11 is 13.4. The molecule has 0 saturated heterocycles. The van der Waals surface area contributed by atoms with Crippen LogP contribution >= 0.6 is 35.0 Å². The molecule has 0 aliphatic rings. The van der Waals surface area contributed by atoms with E-state index >= 15 is 0 Å². The number of nitrogens with one attached hydrogen (secondary N) is 2. The molecule has 1 atom stereocenters. The molecule has 38 heavy (non-hydrogen) atoms. The molecule has 0 heterocycles. The molecule has 0 fully saturated rings. The zero-order chi connectivity index (χ0) is 27.2. The van der Waals surface area contributed by atoms with E-state index in [2.05, 4.69) is 10.6 Å². The van der Waals surface area contributed by atoms with Gasteiger partial charge in [0.2, 0.25) is 5.91 Å². The van der Waals surface area contributed by atoms with Crippen molar-refractivity contribution in [2.45, 2.75) is 17.1 Å². The second-order valence-corrected chi connectivity index (χ2v) is 10.3. The van der Waals surface area contributed by atoms with Gasteiger partial charge < -0.3 is 10.6 Å². The maximum atomic E-state index is 13.5.